The van der Waals surface area contributed by atoms with E-state index >= 15 is 0 Å². The van der Waals surface area contributed by atoms with Gasteiger partial charge < -0.3 is 10.1 Å². The second kappa shape index (κ2) is 7.61. The Balaban J connectivity index is 2.14. The van der Waals surface area contributed by atoms with Gasteiger partial charge in [-0.2, -0.15) is 5.10 Å². The predicted octanol–water partition coefficient (Wildman–Crippen LogP) is 3.11. The third-order valence-corrected chi connectivity index (χ3v) is 4.67. The molecule has 0 radical (unpaired) electrons. The van der Waals surface area contributed by atoms with Crippen molar-refractivity contribution in [3.63, 3.8) is 0 Å². The normalized spacial score (nSPS) is 18.0. The van der Waals surface area contributed by atoms with Gasteiger partial charge in [0.15, 0.2) is 0 Å². The Labute approximate surface area is 133 Å². The average molecular weight is 314 g/mol. The van der Waals surface area contributed by atoms with E-state index in [0.29, 0.717) is 12.0 Å². The Kier molecular flexibility index (Phi) is 6.08. The lowest BCUT2D eigenvalue weighted by atomic mass is 10.0. The first-order chi connectivity index (χ1) is 10.1. The van der Waals surface area contributed by atoms with Gasteiger partial charge in [0.05, 0.1) is 22.5 Å². The third kappa shape index (κ3) is 4.21. The van der Waals surface area contributed by atoms with Crippen LogP contribution in [0.25, 0.3) is 0 Å². The molecule has 0 aliphatic heterocycles. The molecule has 2 unspecified atom stereocenters. The number of aryl methyl sites for hydroxylation is 2. The molecule has 1 heterocycles. The summed E-state index contributed by atoms with van der Waals surface area (Å²) in [6.07, 6.45) is 4.85. The molecule has 1 aromatic heterocycles. The van der Waals surface area contributed by atoms with Gasteiger partial charge in [0, 0.05) is 26.1 Å². The highest BCUT2D eigenvalue weighted by Gasteiger charge is 2.37. The molecule has 1 N–H and O–H groups in total. The van der Waals surface area contributed by atoms with Crippen LogP contribution in [0.5, 0.6) is 0 Å². The van der Waals surface area contributed by atoms with E-state index in [0.717, 1.165) is 42.4 Å². The van der Waals surface area contributed by atoms with Gasteiger partial charge in [-0.3, -0.25) is 4.68 Å². The third-order valence-electron chi connectivity index (χ3n) is 4.17. The number of halogens is 1. The Morgan fingerprint density at radius 2 is 2.14 bits per heavy atom. The van der Waals surface area contributed by atoms with E-state index in [9.17, 15) is 0 Å². The van der Waals surface area contributed by atoms with Crippen molar-refractivity contribution in [1.82, 2.24) is 15.1 Å². The zero-order chi connectivity index (χ0) is 15.4. The number of nitrogens with zero attached hydrogens (tertiary/aromatic N) is 2. The quantitative estimate of drug-likeness (QED) is 0.761. The second-order valence-corrected chi connectivity index (χ2v) is 6.37. The van der Waals surface area contributed by atoms with E-state index < -0.39 is 0 Å². The minimum atomic E-state index is 0.285. The van der Waals surface area contributed by atoms with Crippen LogP contribution in [-0.2, 0) is 18.2 Å². The molecule has 21 heavy (non-hydrogen) atoms. The summed E-state index contributed by atoms with van der Waals surface area (Å²) in [7, 11) is 1.97. The maximum atomic E-state index is 6.42. The van der Waals surface area contributed by atoms with Gasteiger partial charge >= 0.3 is 0 Å². The lowest BCUT2D eigenvalue weighted by Gasteiger charge is -2.28. The van der Waals surface area contributed by atoms with Crippen LogP contribution in [-0.4, -0.2) is 35.1 Å². The Morgan fingerprint density at radius 1 is 1.43 bits per heavy atom. The van der Waals surface area contributed by atoms with Crippen molar-refractivity contribution in [1.29, 1.82) is 0 Å². The fourth-order valence-corrected chi connectivity index (χ4v) is 3.18. The fourth-order valence-electron chi connectivity index (χ4n) is 2.94. The molecule has 0 spiro atoms. The lowest BCUT2D eigenvalue weighted by Crippen LogP contribution is -2.45. The van der Waals surface area contributed by atoms with E-state index in [1.807, 2.05) is 18.7 Å². The summed E-state index contributed by atoms with van der Waals surface area (Å²) in [6.45, 7) is 8.01. The summed E-state index contributed by atoms with van der Waals surface area (Å²) in [4.78, 5) is 0. The summed E-state index contributed by atoms with van der Waals surface area (Å²) < 4.78 is 7.96. The standard InChI is InChI=1S/C16H28ClN3O/c1-5-9-18-13(16(21-6-2)12-7-8-12)10-14-15(17)11(3)19-20(14)4/h12-13,16,18H,5-10H2,1-4H3. The SMILES string of the molecule is CCCNC(Cc1c(Cl)c(C)nn1C)C(OCC)C1CC1. The highest BCUT2D eigenvalue weighted by Crippen LogP contribution is 2.37. The Bertz CT molecular complexity index is 457. The monoisotopic (exact) mass is 313 g/mol. The summed E-state index contributed by atoms with van der Waals surface area (Å²) >= 11 is 6.42. The minimum absolute atomic E-state index is 0.285. The number of rotatable bonds is 9. The van der Waals surface area contributed by atoms with Crippen LogP contribution >= 0.6 is 11.6 Å². The molecular formula is C16H28ClN3O. The van der Waals surface area contributed by atoms with Gasteiger partial charge in [0.2, 0.25) is 0 Å². The number of ether oxygens (including phenoxy) is 1. The van der Waals surface area contributed by atoms with E-state index in [1.54, 1.807) is 0 Å². The van der Waals surface area contributed by atoms with E-state index in [-0.39, 0.29) is 6.10 Å². The van der Waals surface area contributed by atoms with Crippen LogP contribution in [0, 0.1) is 12.8 Å². The van der Waals surface area contributed by atoms with Crippen LogP contribution in [0.2, 0.25) is 5.02 Å². The first-order valence-electron chi connectivity index (χ1n) is 8.11. The molecule has 1 aliphatic carbocycles. The van der Waals surface area contributed by atoms with Crippen LogP contribution < -0.4 is 5.32 Å². The molecule has 5 heteroatoms. The van der Waals surface area contributed by atoms with Crippen molar-refractivity contribution in [3.8, 4) is 0 Å². The first-order valence-corrected chi connectivity index (χ1v) is 8.49. The molecule has 0 saturated heterocycles. The maximum Gasteiger partial charge on any atom is 0.0847 e. The Hall–Kier alpha value is -0.580. The van der Waals surface area contributed by atoms with E-state index in [1.165, 1.54) is 12.8 Å². The summed E-state index contributed by atoms with van der Waals surface area (Å²) in [5.41, 5.74) is 2.01. The topological polar surface area (TPSA) is 39.1 Å². The molecule has 1 aromatic rings. The zero-order valence-corrected chi connectivity index (χ0v) is 14.4. The van der Waals surface area contributed by atoms with Gasteiger partial charge in [0.1, 0.15) is 0 Å². The molecule has 4 nitrogen and oxygen atoms in total. The van der Waals surface area contributed by atoms with Gasteiger partial charge in [-0.05, 0) is 45.6 Å². The summed E-state index contributed by atoms with van der Waals surface area (Å²) in [5.74, 6) is 0.701. The summed E-state index contributed by atoms with van der Waals surface area (Å²) in [6, 6.07) is 0.310. The highest BCUT2D eigenvalue weighted by atomic mass is 35.5. The Morgan fingerprint density at radius 3 is 2.62 bits per heavy atom. The molecule has 1 aliphatic rings. The minimum Gasteiger partial charge on any atom is -0.377 e. The number of hydrogen-bond donors (Lipinski definition) is 1. The van der Waals surface area contributed by atoms with Crippen LogP contribution in [0.4, 0.5) is 0 Å². The molecular weight excluding hydrogens is 286 g/mol. The van der Waals surface area contributed by atoms with Crippen molar-refractivity contribution in [2.45, 2.75) is 58.6 Å². The van der Waals surface area contributed by atoms with Crippen molar-refractivity contribution in [3.05, 3.63) is 16.4 Å². The first kappa shape index (κ1) is 16.8. The molecule has 1 saturated carbocycles. The molecule has 0 amide bonds. The van der Waals surface area contributed by atoms with Crippen LogP contribution in [0.3, 0.4) is 0 Å². The maximum absolute atomic E-state index is 6.42. The van der Waals surface area contributed by atoms with Crippen molar-refractivity contribution < 1.29 is 4.74 Å². The highest BCUT2D eigenvalue weighted by molar-refractivity contribution is 6.31. The van der Waals surface area contributed by atoms with Crippen molar-refractivity contribution in [2.75, 3.05) is 13.2 Å². The van der Waals surface area contributed by atoms with Crippen molar-refractivity contribution in [2.24, 2.45) is 13.0 Å². The van der Waals surface area contributed by atoms with Crippen LogP contribution in [0.1, 0.15) is 44.5 Å². The number of nitrogens with one attached hydrogen (secondary N) is 1. The predicted molar refractivity (Wildman–Crippen MR) is 86.9 cm³/mol. The van der Waals surface area contributed by atoms with Gasteiger partial charge in [0.25, 0.3) is 0 Å². The lowest BCUT2D eigenvalue weighted by molar-refractivity contribution is 0.0188. The fraction of sp³-hybridized carbons (Fsp3) is 0.812. The largest absolute Gasteiger partial charge is 0.377 e. The zero-order valence-electron chi connectivity index (χ0n) is 13.7. The number of hydrogen-bond acceptors (Lipinski definition) is 3. The average Bonchev–Trinajstić information content (AvgIpc) is 3.25. The molecule has 2 atom stereocenters. The molecule has 120 valence electrons. The van der Waals surface area contributed by atoms with Crippen LogP contribution in [0.15, 0.2) is 0 Å². The summed E-state index contributed by atoms with van der Waals surface area (Å²) in [5, 5.41) is 8.89. The molecule has 0 bridgehead atoms. The van der Waals surface area contributed by atoms with Gasteiger partial charge in [-0.15, -0.1) is 0 Å². The van der Waals surface area contributed by atoms with Crippen molar-refractivity contribution >= 4 is 11.6 Å². The van der Waals surface area contributed by atoms with Gasteiger partial charge in [-0.25, -0.2) is 0 Å². The molecule has 0 aromatic carbocycles. The van der Waals surface area contributed by atoms with E-state index in [4.69, 9.17) is 16.3 Å². The smallest absolute Gasteiger partial charge is 0.0847 e. The van der Waals surface area contributed by atoms with Gasteiger partial charge in [-0.1, -0.05) is 18.5 Å². The number of aromatic nitrogens is 2. The molecule has 2 rings (SSSR count). The second-order valence-electron chi connectivity index (χ2n) is 5.99. The molecule has 1 fully saturated rings. The van der Waals surface area contributed by atoms with E-state index in [2.05, 4.69) is 24.3 Å².